The molecule has 0 bridgehead atoms. The van der Waals surface area contributed by atoms with Crippen molar-refractivity contribution in [1.29, 1.82) is 0 Å². The molecule has 172 valence electrons. The number of halogens is 3. The fourth-order valence-electron chi connectivity index (χ4n) is 4.65. The first-order chi connectivity index (χ1) is 16.3. The van der Waals surface area contributed by atoms with Crippen molar-refractivity contribution in [2.45, 2.75) is 19.1 Å². The molecule has 0 fully saturated rings. The van der Waals surface area contributed by atoms with E-state index in [1.54, 1.807) is 0 Å². The number of fused-ring (bicyclic) bond motifs is 2. The normalized spacial score (nSPS) is 13.0. The lowest BCUT2D eigenvalue weighted by Crippen LogP contribution is -2.28. The van der Waals surface area contributed by atoms with E-state index in [4.69, 9.17) is 0 Å². The smallest absolute Gasteiger partial charge is 0.416 e. The summed E-state index contributed by atoms with van der Waals surface area (Å²) in [7, 11) is 0. The number of nitrogens with zero attached hydrogens (tertiary/aromatic N) is 1. The van der Waals surface area contributed by atoms with Gasteiger partial charge in [0.1, 0.15) is 11.4 Å². The molecule has 1 aliphatic rings. The quantitative estimate of drug-likeness (QED) is 0.424. The Labute approximate surface area is 192 Å². The Morgan fingerprint density at radius 1 is 1.03 bits per heavy atom. The minimum absolute atomic E-state index is 0.0688. The molecule has 0 radical (unpaired) electrons. The zero-order valence-corrected chi connectivity index (χ0v) is 17.8. The molecule has 1 aliphatic heterocycles. The first-order valence-corrected chi connectivity index (χ1v) is 10.7. The van der Waals surface area contributed by atoms with Gasteiger partial charge in [-0.25, -0.2) is 4.79 Å². The van der Waals surface area contributed by atoms with Crippen molar-refractivity contribution in [2.75, 3.05) is 11.9 Å². The molecule has 8 heteroatoms. The Hall–Kier alpha value is -4.07. The predicted octanol–water partition coefficient (Wildman–Crippen LogP) is 5.40. The maximum atomic E-state index is 13.5. The minimum Gasteiger partial charge on any atom is -0.477 e. The molecule has 0 saturated heterocycles. The maximum Gasteiger partial charge on any atom is 0.416 e. The number of hydrogen-bond acceptors (Lipinski definition) is 3. The average molecular weight is 464 g/mol. The Morgan fingerprint density at radius 3 is 2.53 bits per heavy atom. The second-order valence-electron chi connectivity index (χ2n) is 8.16. The van der Waals surface area contributed by atoms with Crippen molar-refractivity contribution in [2.24, 2.45) is 0 Å². The van der Waals surface area contributed by atoms with Gasteiger partial charge in [-0.05, 0) is 46.0 Å². The van der Waals surface area contributed by atoms with Crippen LogP contribution in [0.15, 0.2) is 71.5 Å². The van der Waals surface area contributed by atoms with Gasteiger partial charge in [0.05, 0.1) is 5.56 Å². The van der Waals surface area contributed by atoms with Gasteiger partial charge < -0.3 is 10.4 Å². The van der Waals surface area contributed by atoms with Crippen LogP contribution in [0.25, 0.3) is 21.9 Å². The standard InChI is InChI=1S/C26H19F3N2O3/c27-26(28,29)18-9-4-8-17(13-18)21-20(14-16-7-3-6-15-5-1-2-10-19(15)16)22(25(33)34)24(32)31-12-11-30-23(21)31/h1-10,13,30H,11-12,14H2,(H,33,34). The molecule has 0 atom stereocenters. The van der Waals surface area contributed by atoms with Crippen molar-refractivity contribution in [3.63, 3.8) is 0 Å². The number of carboxylic acid groups (broad SMARTS) is 1. The molecular formula is C26H19F3N2O3. The Morgan fingerprint density at radius 2 is 1.76 bits per heavy atom. The third-order valence-corrected chi connectivity index (χ3v) is 6.14. The van der Waals surface area contributed by atoms with Crippen LogP contribution in [0.4, 0.5) is 19.0 Å². The number of alkyl halides is 3. The SMILES string of the molecule is O=C(O)c1c(Cc2cccc3ccccc23)c(-c2cccc(C(F)(F)F)c2)c2n(c1=O)CCN2. The van der Waals surface area contributed by atoms with Gasteiger partial charge >= 0.3 is 12.1 Å². The number of pyridine rings is 1. The molecule has 2 N–H and O–H groups in total. The topological polar surface area (TPSA) is 71.3 Å². The number of anilines is 1. The summed E-state index contributed by atoms with van der Waals surface area (Å²) in [5.41, 5.74) is -0.476. The Balaban J connectivity index is 1.83. The zero-order chi connectivity index (χ0) is 24.0. The van der Waals surface area contributed by atoms with E-state index in [1.165, 1.54) is 16.7 Å². The Bertz CT molecular complexity index is 1500. The van der Waals surface area contributed by atoms with E-state index in [9.17, 15) is 27.9 Å². The molecule has 5 rings (SSSR count). The second-order valence-corrected chi connectivity index (χ2v) is 8.16. The maximum absolute atomic E-state index is 13.5. The molecule has 3 aromatic carbocycles. The van der Waals surface area contributed by atoms with Crippen LogP contribution >= 0.6 is 0 Å². The first-order valence-electron chi connectivity index (χ1n) is 10.7. The highest BCUT2D eigenvalue weighted by Gasteiger charge is 2.33. The summed E-state index contributed by atoms with van der Waals surface area (Å²) in [6.45, 7) is 0.604. The fourth-order valence-corrected chi connectivity index (χ4v) is 4.65. The summed E-state index contributed by atoms with van der Waals surface area (Å²) in [6.07, 6.45) is -4.50. The molecular weight excluding hydrogens is 445 g/mol. The summed E-state index contributed by atoms with van der Waals surface area (Å²) in [6, 6.07) is 17.9. The lowest BCUT2D eigenvalue weighted by Gasteiger charge is -2.20. The van der Waals surface area contributed by atoms with E-state index >= 15 is 0 Å². The van der Waals surface area contributed by atoms with Gasteiger partial charge in [0.15, 0.2) is 0 Å². The first kappa shape index (κ1) is 21.8. The third kappa shape index (κ3) is 3.61. The lowest BCUT2D eigenvalue weighted by atomic mass is 9.89. The Kier molecular flexibility index (Phi) is 5.16. The molecule has 34 heavy (non-hydrogen) atoms. The number of carbonyl (C=O) groups is 1. The molecule has 4 aromatic rings. The van der Waals surface area contributed by atoms with Crippen molar-refractivity contribution in [3.05, 3.63) is 99.3 Å². The van der Waals surface area contributed by atoms with Crippen molar-refractivity contribution in [3.8, 4) is 11.1 Å². The van der Waals surface area contributed by atoms with Crippen LogP contribution in [0.1, 0.15) is 27.0 Å². The van der Waals surface area contributed by atoms with Crippen molar-refractivity contribution < 1.29 is 23.1 Å². The van der Waals surface area contributed by atoms with E-state index in [2.05, 4.69) is 5.32 Å². The van der Waals surface area contributed by atoms with Crippen LogP contribution in [-0.2, 0) is 19.1 Å². The number of aromatic nitrogens is 1. The van der Waals surface area contributed by atoms with Crippen LogP contribution in [0.2, 0.25) is 0 Å². The highest BCUT2D eigenvalue weighted by molar-refractivity contribution is 5.95. The molecule has 0 amide bonds. The number of aromatic carboxylic acids is 1. The zero-order valence-electron chi connectivity index (χ0n) is 17.8. The predicted molar refractivity (Wildman–Crippen MR) is 123 cm³/mol. The van der Waals surface area contributed by atoms with Crippen molar-refractivity contribution in [1.82, 2.24) is 4.57 Å². The highest BCUT2D eigenvalue weighted by atomic mass is 19.4. The van der Waals surface area contributed by atoms with Gasteiger partial charge in [-0.3, -0.25) is 9.36 Å². The minimum atomic E-state index is -4.57. The second kappa shape index (κ2) is 8.06. The average Bonchev–Trinajstić information content (AvgIpc) is 3.29. The van der Waals surface area contributed by atoms with E-state index in [-0.39, 0.29) is 24.1 Å². The number of hydrogen-bond donors (Lipinski definition) is 2. The summed E-state index contributed by atoms with van der Waals surface area (Å²) >= 11 is 0. The monoisotopic (exact) mass is 464 g/mol. The fraction of sp³-hybridized carbons (Fsp3) is 0.154. The van der Waals surface area contributed by atoms with Crippen LogP contribution in [-0.4, -0.2) is 22.2 Å². The number of benzene rings is 3. The molecule has 2 heterocycles. The van der Waals surface area contributed by atoms with Gasteiger partial charge in [0.25, 0.3) is 5.56 Å². The summed E-state index contributed by atoms with van der Waals surface area (Å²) in [5, 5.41) is 14.9. The molecule has 5 nitrogen and oxygen atoms in total. The van der Waals surface area contributed by atoms with Crippen LogP contribution in [0, 0.1) is 0 Å². The van der Waals surface area contributed by atoms with Crippen LogP contribution in [0.3, 0.4) is 0 Å². The molecule has 0 saturated carbocycles. The molecule has 0 unspecified atom stereocenters. The third-order valence-electron chi connectivity index (χ3n) is 6.14. The largest absolute Gasteiger partial charge is 0.477 e. The highest BCUT2D eigenvalue weighted by Crippen LogP contribution is 2.39. The summed E-state index contributed by atoms with van der Waals surface area (Å²) in [5.74, 6) is -1.07. The molecule has 0 aliphatic carbocycles. The van der Waals surface area contributed by atoms with E-state index < -0.39 is 28.8 Å². The molecule has 1 aromatic heterocycles. The van der Waals surface area contributed by atoms with E-state index in [0.717, 1.165) is 28.5 Å². The van der Waals surface area contributed by atoms with Gasteiger partial charge in [-0.1, -0.05) is 54.6 Å². The number of rotatable bonds is 4. The lowest BCUT2D eigenvalue weighted by molar-refractivity contribution is -0.137. The van der Waals surface area contributed by atoms with Crippen LogP contribution in [0.5, 0.6) is 0 Å². The molecule has 0 spiro atoms. The summed E-state index contributed by atoms with van der Waals surface area (Å²) < 4.78 is 41.8. The van der Waals surface area contributed by atoms with Gasteiger partial charge in [-0.15, -0.1) is 0 Å². The van der Waals surface area contributed by atoms with Gasteiger partial charge in [0, 0.05) is 18.7 Å². The summed E-state index contributed by atoms with van der Waals surface area (Å²) in [4.78, 5) is 25.4. The van der Waals surface area contributed by atoms with Crippen LogP contribution < -0.4 is 10.9 Å². The van der Waals surface area contributed by atoms with E-state index in [1.807, 2.05) is 42.5 Å². The van der Waals surface area contributed by atoms with E-state index in [0.29, 0.717) is 17.9 Å². The van der Waals surface area contributed by atoms with Gasteiger partial charge in [-0.2, -0.15) is 13.2 Å². The van der Waals surface area contributed by atoms with Gasteiger partial charge in [0.2, 0.25) is 0 Å². The van der Waals surface area contributed by atoms with Crippen molar-refractivity contribution >= 4 is 22.6 Å². The number of carboxylic acids is 1. The number of nitrogens with one attached hydrogen (secondary N) is 1.